The van der Waals surface area contributed by atoms with E-state index in [4.69, 9.17) is 9.16 Å². The molecule has 2 atom stereocenters. The minimum atomic E-state index is -1.89. The first-order valence-corrected chi connectivity index (χ1v) is 14.1. The van der Waals surface area contributed by atoms with Crippen LogP contribution >= 0.6 is 0 Å². The number of hydrogen-bond donors (Lipinski definition) is 0. The summed E-state index contributed by atoms with van der Waals surface area (Å²) >= 11 is 0. The van der Waals surface area contributed by atoms with E-state index in [1.807, 2.05) is 6.08 Å². The third-order valence-electron chi connectivity index (χ3n) is 6.76. The Morgan fingerprint density at radius 2 is 1.93 bits per heavy atom. The maximum absolute atomic E-state index is 12.3. The van der Waals surface area contributed by atoms with Crippen LogP contribution in [0.5, 0.6) is 0 Å². The van der Waals surface area contributed by atoms with Gasteiger partial charge in [-0.2, -0.15) is 0 Å². The van der Waals surface area contributed by atoms with E-state index in [0.29, 0.717) is 18.8 Å². The second-order valence-electron chi connectivity index (χ2n) is 9.97. The number of esters is 1. The predicted octanol–water partition coefficient (Wildman–Crippen LogP) is 5.47. The molecule has 0 fully saturated rings. The average molecular weight is 428 g/mol. The normalized spacial score (nSPS) is 20.4. The number of carbonyl (C=O) groups excluding carboxylic acids is 1. The van der Waals surface area contributed by atoms with Crippen molar-refractivity contribution >= 4 is 14.3 Å². The van der Waals surface area contributed by atoms with Gasteiger partial charge in [0.05, 0.1) is 23.9 Å². The molecule has 1 unspecified atom stereocenters. The van der Waals surface area contributed by atoms with Crippen LogP contribution in [-0.2, 0) is 20.4 Å². The largest absolute Gasteiger partial charge is 0.456 e. The van der Waals surface area contributed by atoms with Crippen LogP contribution in [0.15, 0.2) is 53.8 Å². The van der Waals surface area contributed by atoms with Gasteiger partial charge < -0.3 is 14.1 Å². The number of hydrogen-bond acceptors (Lipinski definition) is 4. The highest BCUT2D eigenvalue weighted by molar-refractivity contribution is 6.74. The van der Waals surface area contributed by atoms with Crippen LogP contribution in [0.25, 0.3) is 0 Å². The molecule has 4 nitrogen and oxygen atoms in total. The maximum atomic E-state index is 12.3. The Balaban J connectivity index is 1.93. The molecule has 1 aromatic rings. The van der Waals surface area contributed by atoms with Crippen molar-refractivity contribution in [3.63, 3.8) is 0 Å². The van der Waals surface area contributed by atoms with Crippen molar-refractivity contribution in [3.8, 4) is 0 Å². The Morgan fingerprint density at radius 3 is 2.57 bits per heavy atom. The SMILES string of the molecule is CCCC1C=CC2=C(COC2=O)N1[C@H](CO[Si](C)(C)C(C)(C)C)Cc1ccccc1. The van der Waals surface area contributed by atoms with E-state index < -0.39 is 8.32 Å². The lowest BCUT2D eigenvalue weighted by molar-refractivity contribution is -0.135. The highest BCUT2D eigenvalue weighted by Crippen LogP contribution is 2.38. The number of benzene rings is 1. The molecule has 2 heterocycles. The maximum Gasteiger partial charge on any atom is 0.340 e. The molecule has 0 saturated heterocycles. The minimum Gasteiger partial charge on any atom is -0.456 e. The van der Waals surface area contributed by atoms with E-state index in [9.17, 15) is 4.79 Å². The van der Waals surface area contributed by atoms with Gasteiger partial charge in [-0.25, -0.2) is 4.79 Å². The standard InChI is InChI=1S/C25H37NO3Si/c1-7-11-20-14-15-22-23(18-28-24(22)27)26(20)21(16-19-12-9-8-10-13-19)17-29-30(5,6)25(2,3)4/h8-10,12-15,20-21H,7,11,16-18H2,1-6H3/t20?,21-/m0/s1. The van der Waals surface area contributed by atoms with E-state index in [0.717, 1.165) is 25.0 Å². The predicted molar refractivity (Wildman–Crippen MR) is 125 cm³/mol. The van der Waals surface area contributed by atoms with Gasteiger partial charge in [-0.05, 0) is 42.6 Å². The smallest absolute Gasteiger partial charge is 0.340 e. The summed E-state index contributed by atoms with van der Waals surface area (Å²) in [5.41, 5.74) is 3.03. The van der Waals surface area contributed by atoms with E-state index in [1.165, 1.54) is 5.56 Å². The van der Waals surface area contributed by atoms with E-state index >= 15 is 0 Å². The zero-order valence-corrected chi connectivity index (χ0v) is 20.4. The molecule has 30 heavy (non-hydrogen) atoms. The van der Waals surface area contributed by atoms with Gasteiger partial charge in [-0.15, -0.1) is 0 Å². The molecule has 0 saturated carbocycles. The van der Waals surface area contributed by atoms with Crippen molar-refractivity contribution in [3.05, 3.63) is 59.3 Å². The molecule has 3 rings (SSSR count). The monoisotopic (exact) mass is 427 g/mol. The Hall–Kier alpha value is -1.85. The molecule has 0 aliphatic carbocycles. The van der Waals surface area contributed by atoms with Gasteiger partial charge >= 0.3 is 5.97 Å². The molecule has 0 radical (unpaired) electrons. The molecule has 0 bridgehead atoms. The first kappa shape index (κ1) is 22.8. The molecule has 2 aliphatic rings. The lowest BCUT2D eigenvalue weighted by Gasteiger charge is -2.44. The third-order valence-corrected chi connectivity index (χ3v) is 11.3. The molecule has 2 aliphatic heterocycles. The van der Waals surface area contributed by atoms with Crippen LogP contribution < -0.4 is 0 Å². The molecular weight excluding hydrogens is 390 g/mol. The van der Waals surface area contributed by atoms with Gasteiger partial charge in [0.15, 0.2) is 8.32 Å². The lowest BCUT2D eigenvalue weighted by Crippen LogP contribution is -2.50. The number of nitrogens with zero attached hydrogens (tertiary/aromatic N) is 1. The van der Waals surface area contributed by atoms with Crippen molar-refractivity contribution in [2.24, 2.45) is 0 Å². The lowest BCUT2D eigenvalue weighted by atomic mass is 9.96. The average Bonchev–Trinajstić information content (AvgIpc) is 3.06. The molecule has 0 spiro atoms. The Kier molecular flexibility index (Phi) is 6.93. The minimum absolute atomic E-state index is 0.155. The molecule has 5 heteroatoms. The van der Waals surface area contributed by atoms with Gasteiger partial charge in [0, 0.05) is 6.04 Å². The van der Waals surface area contributed by atoms with E-state index in [2.05, 4.69) is 82.1 Å². The van der Waals surface area contributed by atoms with E-state index in [-0.39, 0.29) is 23.1 Å². The molecular formula is C25H37NO3Si. The van der Waals surface area contributed by atoms with Crippen LogP contribution in [0.3, 0.4) is 0 Å². The molecule has 0 aromatic heterocycles. The summed E-state index contributed by atoms with van der Waals surface area (Å²) in [6.45, 7) is 14.7. The summed E-state index contributed by atoms with van der Waals surface area (Å²) in [4.78, 5) is 14.7. The summed E-state index contributed by atoms with van der Waals surface area (Å²) in [6.07, 6.45) is 7.17. The highest BCUT2D eigenvalue weighted by atomic mass is 28.4. The number of carbonyl (C=O) groups is 1. The van der Waals surface area contributed by atoms with Gasteiger partial charge in [-0.1, -0.05) is 70.5 Å². The number of ether oxygens (including phenoxy) is 1. The third kappa shape index (κ3) is 4.89. The summed E-state index contributed by atoms with van der Waals surface area (Å²) in [5.74, 6) is -0.204. The van der Waals surface area contributed by atoms with Gasteiger partial charge in [0.1, 0.15) is 6.61 Å². The fourth-order valence-corrected chi connectivity index (χ4v) is 4.99. The number of cyclic esters (lactones) is 1. The van der Waals surface area contributed by atoms with Gasteiger partial charge in [0.2, 0.25) is 0 Å². The first-order chi connectivity index (χ1) is 14.1. The summed E-state index contributed by atoms with van der Waals surface area (Å²) < 4.78 is 12.1. The number of rotatable bonds is 8. The van der Waals surface area contributed by atoms with Crippen molar-refractivity contribution < 1.29 is 14.0 Å². The Labute approximate surface area is 183 Å². The van der Waals surface area contributed by atoms with Gasteiger partial charge in [-0.3, -0.25) is 0 Å². The van der Waals surface area contributed by atoms with Crippen molar-refractivity contribution in [1.29, 1.82) is 0 Å². The first-order valence-electron chi connectivity index (χ1n) is 11.2. The topological polar surface area (TPSA) is 38.8 Å². The molecule has 0 amide bonds. The van der Waals surface area contributed by atoms with Crippen LogP contribution in [0.2, 0.25) is 18.1 Å². The zero-order valence-electron chi connectivity index (χ0n) is 19.4. The fourth-order valence-electron chi connectivity index (χ4n) is 3.95. The van der Waals surface area contributed by atoms with Crippen LogP contribution in [-0.4, -0.2) is 44.5 Å². The zero-order chi connectivity index (χ0) is 21.9. The van der Waals surface area contributed by atoms with Crippen LogP contribution in [0.4, 0.5) is 0 Å². The summed E-state index contributed by atoms with van der Waals surface area (Å²) in [5, 5.41) is 0.159. The molecule has 0 N–H and O–H groups in total. The van der Waals surface area contributed by atoms with Crippen molar-refractivity contribution in [2.45, 2.75) is 77.2 Å². The Morgan fingerprint density at radius 1 is 1.23 bits per heavy atom. The van der Waals surface area contributed by atoms with E-state index in [1.54, 1.807) is 0 Å². The molecule has 1 aromatic carbocycles. The van der Waals surface area contributed by atoms with Crippen LogP contribution in [0, 0.1) is 0 Å². The van der Waals surface area contributed by atoms with Crippen LogP contribution in [0.1, 0.15) is 46.1 Å². The molecule has 164 valence electrons. The van der Waals surface area contributed by atoms with Crippen molar-refractivity contribution in [2.75, 3.05) is 13.2 Å². The summed E-state index contributed by atoms with van der Waals surface area (Å²) in [7, 11) is -1.89. The Bertz CT molecular complexity index is 807. The quantitative estimate of drug-likeness (QED) is 0.407. The van der Waals surface area contributed by atoms with Crippen molar-refractivity contribution in [1.82, 2.24) is 4.90 Å². The fraction of sp³-hybridized carbons (Fsp3) is 0.560. The summed E-state index contributed by atoms with van der Waals surface area (Å²) in [6, 6.07) is 11.0. The second kappa shape index (κ2) is 9.11. The second-order valence-corrected chi connectivity index (χ2v) is 14.8. The van der Waals surface area contributed by atoms with Gasteiger partial charge in [0.25, 0.3) is 0 Å². The highest BCUT2D eigenvalue weighted by Gasteiger charge is 2.40.